The molecule has 0 bridgehead atoms. The molecule has 1 unspecified atom stereocenters. The number of anilines is 2. The number of hydrogen-bond donors (Lipinski definition) is 2. The molecule has 1 atom stereocenters. The van der Waals surface area contributed by atoms with Crippen LogP contribution in [0, 0.1) is 0 Å². The lowest BCUT2D eigenvalue weighted by Crippen LogP contribution is -2.36. The van der Waals surface area contributed by atoms with E-state index in [0.29, 0.717) is 24.9 Å². The van der Waals surface area contributed by atoms with Gasteiger partial charge in [0.05, 0.1) is 29.5 Å². The number of nitrogens with zero attached hydrogens (tertiary/aromatic N) is 4. The Morgan fingerprint density at radius 1 is 1.10 bits per heavy atom. The number of morpholine rings is 1. The summed E-state index contributed by atoms with van der Waals surface area (Å²) in [6, 6.07) is 13.8. The Balaban J connectivity index is 1.66. The van der Waals surface area contributed by atoms with E-state index in [9.17, 15) is 5.11 Å². The van der Waals surface area contributed by atoms with Crippen LogP contribution in [-0.4, -0.2) is 46.4 Å². The van der Waals surface area contributed by atoms with E-state index in [2.05, 4.69) is 22.0 Å². The fourth-order valence-corrected chi connectivity index (χ4v) is 4.78. The molecule has 0 amide bonds. The average Bonchev–Trinajstić information content (AvgIpc) is 3.24. The van der Waals surface area contributed by atoms with Gasteiger partial charge in [-0.15, -0.1) is 11.3 Å². The summed E-state index contributed by atoms with van der Waals surface area (Å²) in [5.74, 6) is 2.01. The molecule has 4 aromatic rings. The third-order valence-electron chi connectivity index (χ3n) is 5.36. The van der Waals surface area contributed by atoms with Crippen LogP contribution in [0.2, 0.25) is 0 Å². The molecule has 3 N–H and O–H groups in total. The van der Waals surface area contributed by atoms with Crippen molar-refractivity contribution in [3.63, 3.8) is 0 Å². The minimum Gasteiger partial charge on any atom is -0.389 e. The van der Waals surface area contributed by atoms with Crippen LogP contribution in [0.1, 0.15) is 18.6 Å². The number of pyridine rings is 1. The maximum atomic E-state index is 9.98. The summed E-state index contributed by atoms with van der Waals surface area (Å²) in [5.41, 5.74) is 9.43. The first-order valence-electron chi connectivity index (χ1n) is 10.2. The predicted molar refractivity (Wildman–Crippen MR) is 124 cm³/mol. The maximum Gasteiger partial charge on any atom is 0.163 e. The van der Waals surface area contributed by atoms with Crippen LogP contribution in [0.3, 0.4) is 0 Å². The highest BCUT2D eigenvalue weighted by Crippen LogP contribution is 2.39. The molecule has 8 heteroatoms. The number of benzene rings is 1. The third kappa shape index (κ3) is 3.97. The Hall–Kier alpha value is -3.07. The van der Waals surface area contributed by atoms with Gasteiger partial charge in [0.15, 0.2) is 11.6 Å². The van der Waals surface area contributed by atoms with Crippen LogP contribution in [0.25, 0.3) is 32.0 Å². The molecule has 1 aromatic carbocycles. The summed E-state index contributed by atoms with van der Waals surface area (Å²) in [7, 11) is 0. The van der Waals surface area contributed by atoms with Gasteiger partial charge in [-0.25, -0.2) is 15.0 Å². The van der Waals surface area contributed by atoms with Gasteiger partial charge in [0.25, 0.3) is 0 Å². The molecule has 4 heterocycles. The summed E-state index contributed by atoms with van der Waals surface area (Å²) in [4.78, 5) is 17.3. The number of nitrogens with two attached hydrogens (primary N) is 1. The topological polar surface area (TPSA) is 97.4 Å². The van der Waals surface area contributed by atoms with Gasteiger partial charge in [-0.1, -0.05) is 18.2 Å². The molecule has 1 aliphatic heterocycles. The Bertz CT molecular complexity index is 1220. The number of hydrogen-bond acceptors (Lipinski definition) is 8. The second-order valence-corrected chi connectivity index (χ2v) is 8.62. The van der Waals surface area contributed by atoms with Crippen LogP contribution >= 0.6 is 11.3 Å². The normalized spacial score (nSPS) is 15.4. The Labute approximate surface area is 184 Å². The summed E-state index contributed by atoms with van der Waals surface area (Å²) < 4.78 is 6.59. The molecule has 7 nitrogen and oxygen atoms in total. The zero-order valence-electron chi connectivity index (χ0n) is 17.2. The van der Waals surface area contributed by atoms with Crippen molar-refractivity contribution in [2.45, 2.75) is 13.0 Å². The van der Waals surface area contributed by atoms with Crippen molar-refractivity contribution in [3.8, 4) is 21.8 Å². The lowest BCUT2D eigenvalue weighted by atomic mass is 10.1. The first-order valence-corrected chi connectivity index (χ1v) is 11.0. The molecule has 5 rings (SSSR count). The molecule has 1 fully saturated rings. The van der Waals surface area contributed by atoms with Gasteiger partial charge < -0.3 is 20.5 Å². The van der Waals surface area contributed by atoms with E-state index in [1.165, 1.54) is 0 Å². The zero-order valence-corrected chi connectivity index (χ0v) is 18.0. The fourth-order valence-electron chi connectivity index (χ4n) is 3.67. The van der Waals surface area contributed by atoms with Gasteiger partial charge in [-0.2, -0.15) is 0 Å². The number of nitrogen functional groups attached to an aromatic ring is 1. The highest BCUT2D eigenvalue weighted by atomic mass is 32.1. The first-order chi connectivity index (χ1) is 15.1. The highest BCUT2D eigenvalue weighted by Gasteiger charge is 2.21. The van der Waals surface area contributed by atoms with Crippen molar-refractivity contribution in [2.24, 2.45) is 0 Å². The highest BCUT2D eigenvalue weighted by molar-refractivity contribution is 7.22. The zero-order chi connectivity index (χ0) is 21.4. The lowest BCUT2D eigenvalue weighted by Gasteiger charge is -2.28. The van der Waals surface area contributed by atoms with E-state index < -0.39 is 6.10 Å². The molecule has 31 heavy (non-hydrogen) atoms. The minimum absolute atomic E-state index is 0.467. The Kier molecular flexibility index (Phi) is 5.27. The van der Waals surface area contributed by atoms with E-state index in [-0.39, 0.29) is 0 Å². The second kappa shape index (κ2) is 8.22. The summed E-state index contributed by atoms with van der Waals surface area (Å²) in [6.07, 6.45) is 1.20. The molecule has 158 valence electrons. The molecule has 1 saturated heterocycles. The van der Waals surface area contributed by atoms with Gasteiger partial charge in [0.2, 0.25) is 0 Å². The van der Waals surface area contributed by atoms with E-state index in [4.69, 9.17) is 20.4 Å². The number of aromatic nitrogens is 3. The molecule has 0 saturated carbocycles. The standard InChI is InChI=1S/C23H23N5O2S/c1-14(29)15-3-2-4-16(11-15)19-12-18-21(31-19)23(28-7-9-30-10-8-28)27-22(26-18)17-5-6-20(24)25-13-17/h2-6,11-14,29H,7-10H2,1H3,(H2,24,25). The smallest absolute Gasteiger partial charge is 0.163 e. The lowest BCUT2D eigenvalue weighted by molar-refractivity contribution is 0.122. The summed E-state index contributed by atoms with van der Waals surface area (Å²) in [6.45, 7) is 4.71. The van der Waals surface area contributed by atoms with Crippen LogP contribution in [0.15, 0.2) is 48.7 Å². The van der Waals surface area contributed by atoms with Gasteiger partial charge in [0, 0.05) is 29.7 Å². The monoisotopic (exact) mass is 433 g/mol. The van der Waals surface area contributed by atoms with Crippen LogP contribution in [0.4, 0.5) is 11.6 Å². The van der Waals surface area contributed by atoms with Crippen molar-refractivity contribution in [2.75, 3.05) is 36.9 Å². The number of aliphatic hydroxyl groups is 1. The van der Waals surface area contributed by atoms with E-state index in [1.807, 2.05) is 24.3 Å². The van der Waals surface area contributed by atoms with Crippen LogP contribution in [-0.2, 0) is 4.74 Å². The largest absolute Gasteiger partial charge is 0.389 e. The molecule has 3 aromatic heterocycles. The molecule has 0 aliphatic carbocycles. The quantitative estimate of drug-likeness (QED) is 0.504. The van der Waals surface area contributed by atoms with Gasteiger partial charge in [0.1, 0.15) is 5.82 Å². The fraction of sp³-hybridized carbons (Fsp3) is 0.261. The van der Waals surface area contributed by atoms with Crippen LogP contribution < -0.4 is 10.6 Å². The van der Waals surface area contributed by atoms with Gasteiger partial charge >= 0.3 is 0 Å². The predicted octanol–water partition coefficient (Wildman–Crippen LogP) is 3.89. The first kappa shape index (κ1) is 19.9. The van der Waals surface area contributed by atoms with Crippen molar-refractivity contribution < 1.29 is 9.84 Å². The second-order valence-electron chi connectivity index (χ2n) is 7.57. The third-order valence-corrected chi connectivity index (χ3v) is 6.53. The Morgan fingerprint density at radius 2 is 1.94 bits per heavy atom. The summed E-state index contributed by atoms with van der Waals surface area (Å²) >= 11 is 1.67. The van der Waals surface area contributed by atoms with E-state index in [1.54, 1.807) is 30.5 Å². The number of ether oxygens (including phenoxy) is 1. The molecular weight excluding hydrogens is 410 g/mol. The molecule has 0 spiro atoms. The van der Waals surface area contributed by atoms with Crippen LogP contribution in [0.5, 0.6) is 0 Å². The summed E-state index contributed by atoms with van der Waals surface area (Å²) in [5, 5.41) is 9.98. The van der Waals surface area contributed by atoms with Crippen molar-refractivity contribution >= 4 is 33.2 Å². The van der Waals surface area contributed by atoms with Crippen molar-refractivity contribution in [1.82, 2.24) is 15.0 Å². The Morgan fingerprint density at radius 3 is 2.68 bits per heavy atom. The van der Waals surface area contributed by atoms with Gasteiger partial charge in [-0.3, -0.25) is 0 Å². The molecular formula is C23H23N5O2S. The minimum atomic E-state index is -0.511. The number of thiophene rings is 1. The number of fused-ring (bicyclic) bond motifs is 1. The van der Waals surface area contributed by atoms with Gasteiger partial charge in [-0.05, 0) is 42.3 Å². The number of rotatable bonds is 4. The molecule has 1 aliphatic rings. The van der Waals surface area contributed by atoms with E-state index in [0.717, 1.165) is 50.7 Å². The SMILES string of the molecule is CC(O)c1cccc(-c2cc3nc(-c4ccc(N)nc4)nc(N4CCOCC4)c3s2)c1. The molecule has 0 radical (unpaired) electrons. The number of aliphatic hydroxyl groups excluding tert-OH is 1. The maximum absolute atomic E-state index is 9.98. The van der Waals surface area contributed by atoms with E-state index >= 15 is 0 Å². The van der Waals surface area contributed by atoms with Crippen molar-refractivity contribution in [3.05, 3.63) is 54.2 Å². The average molecular weight is 434 g/mol. The van der Waals surface area contributed by atoms with Crippen molar-refractivity contribution in [1.29, 1.82) is 0 Å².